The first-order valence-electron chi connectivity index (χ1n) is 2.80. The van der Waals surface area contributed by atoms with E-state index in [0.29, 0.717) is 0 Å². The van der Waals surface area contributed by atoms with Crippen LogP contribution >= 0.6 is 25.3 Å². The quantitative estimate of drug-likeness (QED) is 0.568. The fourth-order valence-electron chi connectivity index (χ4n) is 0. The van der Waals surface area contributed by atoms with Crippen LogP contribution in [0.1, 0.15) is 13.8 Å². The number of nitriles is 1. The summed E-state index contributed by atoms with van der Waals surface area (Å²) in [7, 11) is 0. The Hall–Kier alpha value is 0.190. The Kier molecular flexibility index (Phi) is 14.6. The first-order chi connectivity index (χ1) is 4.18. The molecule has 0 aromatic carbocycles. The molecule has 0 atom stereocenters. The number of thiol groups is 2. The molecule has 0 aromatic heterocycles. The molecule has 0 heterocycles. The van der Waals surface area contributed by atoms with Gasteiger partial charge in [-0.1, -0.05) is 0 Å². The minimum atomic E-state index is 0.190. The van der Waals surface area contributed by atoms with Crippen LogP contribution in [0.2, 0.25) is 0 Å². The van der Waals surface area contributed by atoms with Crippen molar-refractivity contribution in [2.24, 2.45) is 5.92 Å². The molecule has 0 fully saturated rings. The molecule has 0 bridgehead atoms. The molecule has 0 aliphatic rings. The van der Waals surface area contributed by atoms with Crippen LogP contribution in [0.4, 0.5) is 0 Å². The van der Waals surface area contributed by atoms with E-state index < -0.39 is 0 Å². The monoisotopic (exact) mass is 163 g/mol. The predicted octanol–water partition coefficient (Wildman–Crippen LogP) is 2.01. The maximum atomic E-state index is 7.89. The second kappa shape index (κ2) is 11.0. The molecule has 0 aliphatic carbocycles. The maximum absolute atomic E-state index is 7.89. The summed E-state index contributed by atoms with van der Waals surface area (Å²) in [5.74, 6) is 1.95. The van der Waals surface area contributed by atoms with Gasteiger partial charge in [-0.2, -0.15) is 30.5 Å². The van der Waals surface area contributed by atoms with Gasteiger partial charge in [-0.25, -0.2) is 0 Å². The van der Waals surface area contributed by atoms with E-state index in [4.69, 9.17) is 5.26 Å². The highest BCUT2D eigenvalue weighted by Crippen LogP contribution is 1.81. The smallest absolute Gasteiger partial charge is 0.0649 e. The van der Waals surface area contributed by atoms with E-state index in [0.717, 1.165) is 11.5 Å². The average molecular weight is 163 g/mol. The minimum Gasteiger partial charge on any atom is -0.198 e. The SMILES string of the molecule is CC(C)C#N.SCCS. The highest BCUT2D eigenvalue weighted by molar-refractivity contribution is 7.84. The van der Waals surface area contributed by atoms with Gasteiger partial charge in [0.25, 0.3) is 0 Å². The van der Waals surface area contributed by atoms with Gasteiger partial charge in [0.2, 0.25) is 0 Å². The van der Waals surface area contributed by atoms with Crippen molar-refractivity contribution in [2.45, 2.75) is 13.8 Å². The van der Waals surface area contributed by atoms with Crippen LogP contribution in [-0.2, 0) is 0 Å². The highest BCUT2D eigenvalue weighted by Gasteiger charge is 1.78. The maximum Gasteiger partial charge on any atom is 0.0649 e. The van der Waals surface area contributed by atoms with Gasteiger partial charge in [0.05, 0.1) is 6.07 Å². The van der Waals surface area contributed by atoms with Crippen molar-refractivity contribution < 1.29 is 0 Å². The van der Waals surface area contributed by atoms with Crippen LogP contribution in [0, 0.1) is 17.2 Å². The molecule has 3 heteroatoms. The summed E-state index contributed by atoms with van der Waals surface area (Å²) in [4.78, 5) is 0. The molecule has 0 rings (SSSR count). The lowest BCUT2D eigenvalue weighted by Crippen LogP contribution is -1.72. The van der Waals surface area contributed by atoms with E-state index in [-0.39, 0.29) is 5.92 Å². The fraction of sp³-hybridized carbons (Fsp3) is 0.833. The molecule has 0 spiro atoms. The Bertz CT molecular complexity index is 73.6. The summed E-state index contributed by atoms with van der Waals surface area (Å²) in [6, 6.07) is 2.03. The van der Waals surface area contributed by atoms with Crippen molar-refractivity contribution in [3.63, 3.8) is 0 Å². The van der Waals surface area contributed by atoms with Crippen molar-refractivity contribution in [2.75, 3.05) is 11.5 Å². The topological polar surface area (TPSA) is 23.8 Å². The Balaban J connectivity index is 0. The van der Waals surface area contributed by atoms with Gasteiger partial charge in [-0.3, -0.25) is 0 Å². The van der Waals surface area contributed by atoms with E-state index in [1.54, 1.807) is 0 Å². The summed E-state index contributed by atoms with van der Waals surface area (Å²) in [6.07, 6.45) is 0. The molecule has 9 heavy (non-hydrogen) atoms. The third-order valence-corrected chi connectivity index (χ3v) is 1.16. The minimum absolute atomic E-state index is 0.190. The number of rotatable bonds is 1. The number of nitrogens with zero attached hydrogens (tertiary/aromatic N) is 1. The lowest BCUT2D eigenvalue weighted by molar-refractivity contribution is 0.849. The lowest BCUT2D eigenvalue weighted by atomic mass is 10.3. The fourth-order valence-corrected chi connectivity index (χ4v) is 0. The van der Waals surface area contributed by atoms with Gasteiger partial charge in [-0.05, 0) is 25.4 Å². The standard InChI is InChI=1S/C4H7N.C2H6S2/c1-4(2)3-5;3-1-2-4/h4H,1-2H3;3-4H,1-2H2. The molecular weight excluding hydrogens is 150 g/mol. The van der Waals surface area contributed by atoms with Gasteiger partial charge in [-0.15, -0.1) is 0 Å². The molecule has 0 radical (unpaired) electrons. The van der Waals surface area contributed by atoms with Crippen molar-refractivity contribution >= 4 is 25.3 Å². The third-order valence-electron chi connectivity index (χ3n) is 0.358. The zero-order chi connectivity index (χ0) is 7.70. The summed E-state index contributed by atoms with van der Waals surface area (Å²) < 4.78 is 0. The molecule has 0 aliphatic heterocycles. The largest absolute Gasteiger partial charge is 0.198 e. The van der Waals surface area contributed by atoms with Crippen molar-refractivity contribution in [3.8, 4) is 6.07 Å². The van der Waals surface area contributed by atoms with E-state index in [1.807, 2.05) is 19.9 Å². The van der Waals surface area contributed by atoms with Gasteiger partial charge in [0, 0.05) is 5.92 Å². The van der Waals surface area contributed by atoms with Crippen LogP contribution < -0.4 is 0 Å². The van der Waals surface area contributed by atoms with Crippen LogP contribution in [0.3, 0.4) is 0 Å². The van der Waals surface area contributed by atoms with Gasteiger partial charge >= 0.3 is 0 Å². The zero-order valence-corrected chi connectivity index (χ0v) is 7.62. The van der Waals surface area contributed by atoms with Crippen LogP contribution in [0.15, 0.2) is 0 Å². The van der Waals surface area contributed by atoms with E-state index in [9.17, 15) is 0 Å². The van der Waals surface area contributed by atoms with E-state index in [1.165, 1.54) is 0 Å². The molecule has 0 unspecified atom stereocenters. The molecule has 0 aromatic rings. The number of hydrogen-bond donors (Lipinski definition) is 2. The van der Waals surface area contributed by atoms with Gasteiger partial charge in [0.15, 0.2) is 0 Å². The second-order valence-corrected chi connectivity index (χ2v) is 2.63. The first-order valence-corrected chi connectivity index (χ1v) is 4.06. The Morgan fingerprint density at radius 2 is 1.56 bits per heavy atom. The molecule has 0 amide bonds. The second-order valence-electron chi connectivity index (χ2n) is 1.73. The van der Waals surface area contributed by atoms with Crippen LogP contribution in [-0.4, -0.2) is 11.5 Å². The molecular formula is C6H13NS2. The van der Waals surface area contributed by atoms with E-state index in [2.05, 4.69) is 25.3 Å². The van der Waals surface area contributed by atoms with Crippen molar-refractivity contribution in [1.29, 1.82) is 5.26 Å². The molecule has 0 saturated heterocycles. The van der Waals surface area contributed by atoms with Crippen LogP contribution in [0.5, 0.6) is 0 Å². The molecule has 1 nitrogen and oxygen atoms in total. The third kappa shape index (κ3) is 30.8. The first kappa shape index (κ1) is 11.9. The predicted molar refractivity (Wildman–Crippen MR) is 48.2 cm³/mol. The summed E-state index contributed by atoms with van der Waals surface area (Å²) >= 11 is 7.69. The van der Waals surface area contributed by atoms with Gasteiger partial charge < -0.3 is 0 Å². The highest BCUT2D eigenvalue weighted by atomic mass is 32.1. The zero-order valence-electron chi connectivity index (χ0n) is 5.83. The number of hydrogen-bond acceptors (Lipinski definition) is 3. The van der Waals surface area contributed by atoms with Crippen molar-refractivity contribution in [1.82, 2.24) is 0 Å². The van der Waals surface area contributed by atoms with Crippen molar-refractivity contribution in [3.05, 3.63) is 0 Å². The Morgan fingerprint density at radius 1 is 1.33 bits per heavy atom. The van der Waals surface area contributed by atoms with Gasteiger partial charge in [0.1, 0.15) is 0 Å². The normalized spacial score (nSPS) is 7.56. The molecule has 54 valence electrons. The summed E-state index contributed by atoms with van der Waals surface area (Å²) in [6.45, 7) is 3.72. The average Bonchev–Trinajstić information content (AvgIpc) is 1.89. The summed E-state index contributed by atoms with van der Waals surface area (Å²) in [5, 5.41) is 7.89. The van der Waals surface area contributed by atoms with E-state index >= 15 is 0 Å². The Morgan fingerprint density at radius 3 is 1.56 bits per heavy atom. The molecule has 0 N–H and O–H groups in total. The molecule has 0 saturated carbocycles. The van der Waals surface area contributed by atoms with Crippen LogP contribution in [0.25, 0.3) is 0 Å². The summed E-state index contributed by atoms with van der Waals surface area (Å²) in [5.41, 5.74) is 0. The lowest BCUT2D eigenvalue weighted by Gasteiger charge is -1.75. The Labute approximate surface area is 68.3 Å².